The second-order valence-corrected chi connectivity index (χ2v) is 9.60. The average molecular weight is 420 g/mol. The van der Waals surface area contributed by atoms with Gasteiger partial charge in [-0.3, -0.25) is 4.79 Å². The number of hydrogen-bond donors (Lipinski definition) is 1. The van der Waals surface area contributed by atoms with Crippen LogP contribution in [0.1, 0.15) is 55.3 Å². The van der Waals surface area contributed by atoms with Crippen LogP contribution in [0.3, 0.4) is 0 Å². The second-order valence-electron chi connectivity index (χ2n) is 8.59. The minimum Gasteiger partial charge on any atom is -0.349 e. The summed E-state index contributed by atoms with van der Waals surface area (Å²) in [6.45, 7) is 3.93. The molecule has 1 amide bonds. The van der Waals surface area contributed by atoms with Gasteiger partial charge in [0.05, 0.1) is 22.2 Å². The standard InChI is InChI=1S/C25H29N3OS/c1-2-17-12-13-22-23(15-17)30-25(27-22)28-14-6-9-19(16-28)24(29)26-21-11-5-8-18-7-3-4-10-20(18)21/h3-4,7,10,12-13,15,19,21H,2,5-6,8-9,11,14,16H2,1H3,(H,26,29). The van der Waals surface area contributed by atoms with Gasteiger partial charge in [-0.05, 0) is 67.3 Å². The van der Waals surface area contributed by atoms with E-state index in [9.17, 15) is 4.79 Å². The smallest absolute Gasteiger partial charge is 0.225 e. The fraction of sp³-hybridized carbons (Fsp3) is 0.440. The van der Waals surface area contributed by atoms with Crippen molar-refractivity contribution < 1.29 is 4.79 Å². The summed E-state index contributed by atoms with van der Waals surface area (Å²) in [5, 5.41) is 4.43. The van der Waals surface area contributed by atoms with Crippen molar-refractivity contribution in [2.45, 2.75) is 51.5 Å². The first kappa shape index (κ1) is 19.6. The van der Waals surface area contributed by atoms with Crippen LogP contribution in [0.15, 0.2) is 42.5 Å². The Morgan fingerprint density at radius 3 is 3.00 bits per heavy atom. The van der Waals surface area contributed by atoms with Gasteiger partial charge in [0.15, 0.2) is 5.13 Å². The number of hydrogen-bond acceptors (Lipinski definition) is 4. The van der Waals surface area contributed by atoms with Crippen LogP contribution in [0.5, 0.6) is 0 Å². The molecule has 0 spiro atoms. The van der Waals surface area contributed by atoms with Crippen LogP contribution in [0.4, 0.5) is 5.13 Å². The minimum absolute atomic E-state index is 0.0334. The molecule has 5 rings (SSSR count). The van der Waals surface area contributed by atoms with Gasteiger partial charge >= 0.3 is 0 Å². The van der Waals surface area contributed by atoms with E-state index in [1.54, 1.807) is 11.3 Å². The van der Waals surface area contributed by atoms with Crippen LogP contribution >= 0.6 is 11.3 Å². The van der Waals surface area contributed by atoms with E-state index < -0.39 is 0 Å². The number of thiazole rings is 1. The molecule has 3 aromatic rings. The third-order valence-corrected chi connectivity index (χ3v) is 7.68. The lowest BCUT2D eigenvalue weighted by molar-refractivity contribution is -0.126. The summed E-state index contributed by atoms with van der Waals surface area (Å²) in [5.74, 6) is 0.238. The van der Waals surface area contributed by atoms with Crippen molar-refractivity contribution in [3.63, 3.8) is 0 Å². The lowest BCUT2D eigenvalue weighted by Crippen LogP contribution is -2.44. The van der Waals surface area contributed by atoms with E-state index in [1.165, 1.54) is 21.4 Å². The molecule has 1 saturated heterocycles. The van der Waals surface area contributed by atoms with Crippen LogP contribution < -0.4 is 10.2 Å². The number of rotatable bonds is 4. The maximum atomic E-state index is 13.2. The number of nitrogens with zero attached hydrogens (tertiary/aromatic N) is 2. The zero-order valence-corrected chi connectivity index (χ0v) is 18.4. The second kappa shape index (κ2) is 8.38. The predicted octanol–water partition coefficient (Wildman–Crippen LogP) is 5.27. The molecule has 2 heterocycles. The van der Waals surface area contributed by atoms with E-state index in [0.29, 0.717) is 0 Å². The van der Waals surface area contributed by atoms with Gasteiger partial charge in [-0.15, -0.1) is 0 Å². The molecule has 2 unspecified atom stereocenters. The van der Waals surface area contributed by atoms with E-state index >= 15 is 0 Å². The average Bonchev–Trinajstić information content (AvgIpc) is 3.23. The van der Waals surface area contributed by atoms with Gasteiger partial charge in [-0.25, -0.2) is 4.98 Å². The molecule has 4 nitrogen and oxygen atoms in total. The fourth-order valence-electron chi connectivity index (χ4n) is 4.87. The molecule has 0 saturated carbocycles. The van der Waals surface area contributed by atoms with Crippen molar-refractivity contribution in [2.75, 3.05) is 18.0 Å². The van der Waals surface area contributed by atoms with Crippen LogP contribution in [-0.2, 0) is 17.6 Å². The summed E-state index contributed by atoms with van der Waals surface area (Å²) in [5.41, 5.74) is 5.11. The van der Waals surface area contributed by atoms with Crippen molar-refractivity contribution in [1.82, 2.24) is 10.3 Å². The highest BCUT2D eigenvalue weighted by atomic mass is 32.1. The van der Waals surface area contributed by atoms with Crippen molar-refractivity contribution in [2.24, 2.45) is 5.92 Å². The number of aromatic nitrogens is 1. The number of carbonyl (C=O) groups is 1. The SMILES string of the molecule is CCc1ccc2nc(N3CCCC(C(=O)NC4CCCc5ccccc54)C3)sc2c1. The number of nitrogens with one attached hydrogen (secondary N) is 1. The van der Waals surface area contributed by atoms with Crippen LogP contribution in [0.25, 0.3) is 10.2 Å². The number of amides is 1. The van der Waals surface area contributed by atoms with Crippen molar-refractivity contribution >= 4 is 32.6 Å². The van der Waals surface area contributed by atoms with Gasteiger partial charge in [0.1, 0.15) is 0 Å². The van der Waals surface area contributed by atoms with Crippen molar-refractivity contribution in [3.8, 4) is 0 Å². The van der Waals surface area contributed by atoms with E-state index in [-0.39, 0.29) is 17.9 Å². The Balaban J connectivity index is 1.29. The summed E-state index contributed by atoms with van der Waals surface area (Å²) in [6, 6.07) is 15.3. The molecule has 1 aliphatic heterocycles. The zero-order chi connectivity index (χ0) is 20.5. The molecular formula is C25H29N3OS. The zero-order valence-electron chi connectivity index (χ0n) is 17.6. The third kappa shape index (κ3) is 3.83. The quantitative estimate of drug-likeness (QED) is 0.627. The Kier molecular flexibility index (Phi) is 5.47. The monoisotopic (exact) mass is 419 g/mol. The van der Waals surface area contributed by atoms with Gasteiger partial charge in [0, 0.05) is 13.1 Å². The molecule has 30 heavy (non-hydrogen) atoms. The third-order valence-electron chi connectivity index (χ3n) is 6.60. The molecular weight excluding hydrogens is 390 g/mol. The van der Waals surface area contributed by atoms with Crippen LogP contribution in [0, 0.1) is 5.92 Å². The van der Waals surface area contributed by atoms with E-state index in [2.05, 4.69) is 59.6 Å². The first-order valence-corrected chi connectivity index (χ1v) is 12.1. The lowest BCUT2D eigenvalue weighted by atomic mass is 9.87. The maximum Gasteiger partial charge on any atom is 0.225 e. The molecule has 156 valence electrons. The van der Waals surface area contributed by atoms with Gasteiger partial charge in [-0.1, -0.05) is 48.6 Å². The molecule has 2 aromatic carbocycles. The molecule has 1 N–H and O–H groups in total. The molecule has 5 heteroatoms. The summed E-state index contributed by atoms with van der Waals surface area (Å²) in [4.78, 5) is 20.3. The highest BCUT2D eigenvalue weighted by Crippen LogP contribution is 2.33. The minimum atomic E-state index is 0.0334. The first-order chi connectivity index (χ1) is 14.7. The number of fused-ring (bicyclic) bond motifs is 2. The lowest BCUT2D eigenvalue weighted by Gasteiger charge is -2.33. The summed E-state index contributed by atoms with van der Waals surface area (Å²) >= 11 is 1.76. The Labute approximate surface area is 182 Å². The maximum absolute atomic E-state index is 13.2. The summed E-state index contributed by atoms with van der Waals surface area (Å²) in [6.07, 6.45) is 6.34. The Morgan fingerprint density at radius 2 is 2.10 bits per heavy atom. The van der Waals surface area contributed by atoms with Gasteiger partial charge in [-0.2, -0.15) is 0 Å². The van der Waals surface area contributed by atoms with Crippen LogP contribution in [0.2, 0.25) is 0 Å². The molecule has 2 aliphatic rings. The van der Waals surface area contributed by atoms with Gasteiger partial charge in [0.2, 0.25) is 5.91 Å². The Morgan fingerprint density at radius 1 is 1.20 bits per heavy atom. The number of carbonyl (C=O) groups excluding carboxylic acids is 1. The first-order valence-electron chi connectivity index (χ1n) is 11.2. The number of benzene rings is 2. The van der Waals surface area contributed by atoms with E-state index in [4.69, 9.17) is 4.98 Å². The molecule has 1 aromatic heterocycles. The topological polar surface area (TPSA) is 45.2 Å². The number of anilines is 1. The van der Waals surface area contributed by atoms with E-state index in [0.717, 1.165) is 62.3 Å². The molecule has 0 bridgehead atoms. The number of piperidine rings is 1. The van der Waals surface area contributed by atoms with Gasteiger partial charge < -0.3 is 10.2 Å². The summed E-state index contributed by atoms with van der Waals surface area (Å²) in [7, 11) is 0. The highest BCUT2D eigenvalue weighted by molar-refractivity contribution is 7.22. The molecule has 0 radical (unpaired) electrons. The normalized spacial score (nSPS) is 21.4. The van der Waals surface area contributed by atoms with Crippen molar-refractivity contribution in [3.05, 3.63) is 59.2 Å². The molecule has 2 atom stereocenters. The molecule has 1 aliphatic carbocycles. The fourth-order valence-corrected chi connectivity index (χ4v) is 5.93. The Hall–Kier alpha value is -2.40. The summed E-state index contributed by atoms with van der Waals surface area (Å²) < 4.78 is 1.25. The highest BCUT2D eigenvalue weighted by Gasteiger charge is 2.30. The largest absolute Gasteiger partial charge is 0.349 e. The molecule has 1 fully saturated rings. The van der Waals surface area contributed by atoms with E-state index in [1.807, 2.05) is 0 Å². The van der Waals surface area contributed by atoms with Crippen molar-refractivity contribution in [1.29, 1.82) is 0 Å². The number of aryl methyl sites for hydroxylation is 2. The van der Waals surface area contributed by atoms with Crippen LogP contribution in [-0.4, -0.2) is 24.0 Å². The predicted molar refractivity (Wildman–Crippen MR) is 124 cm³/mol. The Bertz CT molecular complexity index is 1060. The van der Waals surface area contributed by atoms with Gasteiger partial charge in [0.25, 0.3) is 0 Å².